The van der Waals surface area contributed by atoms with E-state index in [1.165, 1.54) is 5.56 Å². The first kappa shape index (κ1) is 23.4. The van der Waals surface area contributed by atoms with Crippen LogP contribution >= 0.6 is 11.3 Å². The number of thiazole rings is 1. The number of piperazine rings is 1. The van der Waals surface area contributed by atoms with Gasteiger partial charge in [-0.05, 0) is 43.1 Å². The number of hydrogen-bond donors (Lipinski definition) is 1. The molecule has 9 heteroatoms. The largest absolute Gasteiger partial charge is 0.427 e. The number of H-pyrrole nitrogens is 1. The number of nitriles is 1. The molecular weight excluding hydrogens is 471 g/mol. The zero-order valence-corrected chi connectivity index (χ0v) is 19.8. The van der Waals surface area contributed by atoms with Crippen LogP contribution in [0.1, 0.15) is 22.4 Å². The van der Waals surface area contributed by atoms with Gasteiger partial charge in [-0.3, -0.25) is 4.90 Å². The Morgan fingerprint density at radius 1 is 1.06 bits per heavy atom. The molecule has 0 saturated carbocycles. The zero-order valence-electron chi connectivity index (χ0n) is 19.0. The van der Waals surface area contributed by atoms with Crippen molar-refractivity contribution in [3.8, 4) is 17.3 Å². The smallest absolute Gasteiger partial charge is 0.361 e. The second kappa shape index (κ2) is 9.72. The fourth-order valence-corrected chi connectivity index (χ4v) is 5.55. The van der Waals surface area contributed by atoms with Gasteiger partial charge < -0.3 is 9.88 Å². The van der Waals surface area contributed by atoms with Crippen LogP contribution in [0.15, 0.2) is 54.7 Å². The highest BCUT2D eigenvalue weighted by Crippen LogP contribution is 2.43. The summed E-state index contributed by atoms with van der Waals surface area (Å²) in [5.74, 6) is 0. The summed E-state index contributed by atoms with van der Waals surface area (Å²) >= 11 is 0.734. The molecule has 1 aliphatic rings. The Kier molecular flexibility index (Phi) is 6.50. The molecule has 1 saturated heterocycles. The van der Waals surface area contributed by atoms with Gasteiger partial charge in [0.2, 0.25) is 0 Å². The number of hydrogen-bond acceptors (Lipinski definition) is 5. The molecule has 1 N–H and O–H groups in total. The van der Waals surface area contributed by atoms with Crippen molar-refractivity contribution < 1.29 is 13.2 Å². The van der Waals surface area contributed by atoms with Crippen molar-refractivity contribution >= 4 is 27.4 Å². The summed E-state index contributed by atoms with van der Waals surface area (Å²) in [6.07, 6.45) is -0.553. The van der Waals surface area contributed by atoms with E-state index in [1.807, 2.05) is 29.3 Å². The maximum atomic E-state index is 13.7. The van der Waals surface area contributed by atoms with E-state index in [4.69, 9.17) is 5.26 Å². The van der Waals surface area contributed by atoms with E-state index in [-0.39, 0.29) is 5.69 Å². The van der Waals surface area contributed by atoms with Crippen LogP contribution < -0.4 is 4.90 Å². The molecule has 180 valence electrons. The average Bonchev–Trinajstić information content (AvgIpc) is 3.50. The number of nitrogens with zero attached hydrogens (tertiary/aromatic N) is 4. The number of rotatable bonds is 6. The lowest BCUT2D eigenvalue weighted by atomic mass is 10.1. The van der Waals surface area contributed by atoms with Gasteiger partial charge in [-0.15, -0.1) is 0 Å². The molecule has 0 bridgehead atoms. The SMILES string of the molecule is N#Cc1ccc2[nH]cc(CCCN3CCN(c4nc(-c5ccccc5)c(C(F)(F)F)s4)CC3)c2c1. The molecule has 1 fully saturated rings. The van der Waals surface area contributed by atoms with Crippen molar-refractivity contribution in [1.82, 2.24) is 14.9 Å². The molecule has 1 aliphatic heterocycles. The third-order valence-corrected chi connectivity index (χ3v) is 7.54. The first-order valence-electron chi connectivity index (χ1n) is 11.5. The lowest BCUT2D eigenvalue weighted by Gasteiger charge is -2.34. The van der Waals surface area contributed by atoms with Crippen LogP contribution in [0.2, 0.25) is 0 Å². The Morgan fingerprint density at radius 3 is 2.54 bits per heavy atom. The number of aryl methyl sites for hydroxylation is 1. The fourth-order valence-electron chi connectivity index (χ4n) is 4.54. The lowest BCUT2D eigenvalue weighted by molar-refractivity contribution is -0.134. The number of fused-ring (bicyclic) bond motifs is 1. The summed E-state index contributed by atoms with van der Waals surface area (Å²) < 4.78 is 41.1. The number of aromatic nitrogens is 2. The average molecular weight is 496 g/mol. The van der Waals surface area contributed by atoms with Gasteiger partial charge in [0.1, 0.15) is 4.88 Å². The molecule has 4 aromatic rings. The number of halogens is 3. The molecule has 2 aromatic carbocycles. The third kappa shape index (κ3) is 5.04. The molecule has 0 amide bonds. The maximum Gasteiger partial charge on any atom is 0.427 e. The number of nitrogens with one attached hydrogen (secondary N) is 1. The van der Waals surface area contributed by atoms with Gasteiger partial charge in [0.15, 0.2) is 5.13 Å². The number of anilines is 1. The molecule has 0 atom stereocenters. The van der Waals surface area contributed by atoms with Crippen molar-refractivity contribution in [3.05, 3.63) is 70.7 Å². The molecule has 5 rings (SSSR count). The van der Waals surface area contributed by atoms with Crippen LogP contribution in [-0.2, 0) is 12.6 Å². The van der Waals surface area contributed by atoms with E-state index in [9.17, 15) is 13.2 Å². The first-order chi connectivity index (χ1) is 16.9. The molecule has 0 unspecified atom stereocenters. The van der Waals surface area contributed by atoms with Crippen LogP contribution in [0, 0.1) is 11.3 Å². The van der Waals surface area contributed by atoms with Crippen LogP contribution in [0.3, 0.4) is 0 Å². The number of aromatic amines is 1. The monoisotopic (exact) mass is 495 g/mol. The topological polar surface area (TPSA) is 59.0 Å². The Labute approximate surface area is 205 Å². The highest BCUT2D eigenvalue weighted by molar-refractivity contribution is 7.16. The van der Waals surface area contributed by atoms with Crippen LogP contribution in [0.5, 0.6) is 0 Å². The summed E-state index contributed by atoms with van der Waals surface area (Å²) in [5, 5.41) is 10.7. The lowest BCUT2D eigenvalue weighted by Crippen LogP contribution is -2.46. The summed E-state index contributed by atoms with van der Waals surface area (Å²) in [7, 11) is 0. The molecule has 3 heterocycles. The van der Waals surface area contributed by atoms with E-state index in [0.29, 0.717) is 29.3 Å². The minimum absolute atomic E-state index is 0.0128. The Hall–Kier alpha value is -3.35. The first-order valence-corrected chi connectivity index (χ1v) is 12.3. The predicted molar refractivity (Wildman–Crippen MR) is 133 cm³/mol. The van der Waals surface area contributed by atoms with Crippen molar-refractivity contribution in [1.29, 1.82) is 5.26 Å². The van der Waals surface area contributed by atoms with E-state index in [1.54, 1.807) is 30.3 Å². The maximum absolute atomic E-state index is 13.7. The Bertz CT molecular complexity index is 1350. The Balaban J connectivity index is 1.20. The van der Waals surface area contributed by atoms with E-state index in [2.05, 4.69) is 20.9 Å². The molecule has 0 spiro atoms. The number of benzene rings is 2. The van der Waals surface area contributed by atoms with Gasteiger partial charge in [0.05, 0.1) is 17.3 Å². The molecule has 2 aromatic heterocycles. The normalized spacial score (nSPS) is 15.0. The standard InChI is InChI=1S/C26H24F3N5S/c27-26(28,29)24-23(19-5-2-1-3-6-19)32-25(35-24)34-13-11-33(12-14-34)10-4-7-20-17-31-22-9-8-18(16-30)15-21(20)22/h1-3,5-6,8-9,15,17,31H,4,7,10-14H2. The van der Waals surface area contributed by atoms with Gasteiger partial charge >= 0.3 is 6.18 Å². The fraction of sp³-hybridized carbons (Fsp3) is 0.308. The van der Waals surface area contributed by atoms with Crippen molar-refractivity contribution in [2.45, 2.75) is 19.0 Å². The molecular formula is C26H24F3N5S. The summed E-state index contributed by atoms with van der Waals surface area (Å²) in [6.45, 7) is 3.79. The van der Waals surface area contributed by atoms with Crippen molar-refractivity contribution in [3.63, 3.8) is 0 Å². The minimum Gasteiger partial charge on any atom is -0.361 e. The summed E-state index contributed by atoms with van der Waals surface area (Å²) in [4.78, 5) is 11.4. The highest BCUT2D eigenvalue weighted by Gasteiger charge is 2.38. The molecule has 0 radical (unpaired) electrons. The highest BCUT2D eigenvalue weighted by atomic mass is 32.1. The van der Waals surface area contributed by atoms with Gasteiger partial charge in [-0.2, -0.15) is 18.4 Å². The minimum atomic E-state index is -4.43. The van der Waals surface area contributed by atoms with Crippen molar-refractivity contribution in [2.24, 2.45) is 0 Å². The summed E-state index contributed by atoms with van der Waals surface area (Å²) in [5.41, 5.74) is 3.38. The van der Waals surface area contributed by atoms with Crippen LogP contribution in [0.4, 0.5) is 18.3 Å². The number of alkyl halides is 3. The third-order valence-electron chi connectivity index (χ3n) is 6.38. The zero-order chi connectivity index (χ0) is 24.4. The molecule has 0 aliphatic carbocycles. The summed E-state index contributed by atoms with van der Waals surface area (Å²) in [6, 6.07) is 16.4. The Morgan fingerprint density at radius 2 is 1.83 bits per heavy atom. The van der Waals surface area contributed by atoms with Crippen LogP contribution in [0.25, 0.3) is 22.2 Å². The van der Waals surface area contributed by atoms with Gasteiger partial charge in [-0.25, -0.2) is 4.98 Å². The van der Waals surface area contributed by atoms with Crippen molar-refractivity contribution in [2.75, 3.05) is 37.6 Å². The molecule has 35 heavy (non-hydrogen) atoms. The van der Waals surface area contributed by atoms with Crippen LogP contribution in [-0.4, -0.2) is 47.6 Å². The molecule has 5 nitrogen and oxygen atoms in total. The van der Waals surface area contributed by atoms with E-state index < -0.39 is 11.1 Å². The second-order valence-corrected chi connectivity index (χ2v) is 9.63. The van der Waals surface area contributed by atoms with Gasteiger partial charge in [0.25, 0.3) is 0 Å². The quantitative estimate of drug-likeness (QED) is 0.360. The second-order valence-electron chi connectivity index (χ2n) is 8.66. The van der Waals surface area contributed by atoms with Gasteiger partial charge in [-0.1, -0.05) is 41.7 Å². The van der Waals surface area contributed by atoms with E-state index in [0.717, 1.165) is 54.7 Å². The van der Waals surface area contributed by atoms with E-state index >= 15 is 0 Å². The van der Waals surface area contributed by atoms with Gasteiger partial charge in [0, 0.05) is 48.8 Å². The predicted octanol–water partition coefficient (Wildman–Crippen LogP) is 5.94.